The highest BCUT2D eigenvalue weighted by molar-refractivity contribution is 9.10. The summed E-state index contributed by atoms with van der Waals surface area (Å²) in [4.78, 5) is 26.0. The molecular formula is C20H22BrN3O4S. The van der Waals surface area contributed by atoms with Crippen LogP contribution in [0.5, 0.6) is 0 Å². The maximum Gasteiger partial charge on any atom is 0.264 e. The van der Waals surface area contributed by atoms with Crippen LogP contribution in [-0.4, -0.2) is 44.8 Å². The number of primary amides is 1. The molecule has 0 atom stereocenters. The second kappa shape index (κ2) is 8.96. The minimum Gasteiger partial charge on any atom is -0.369 e. The maximum absolute atomic E-state index is 13.3. The van der Waals surface area contributed by atoms with E-state index in [1.165, 1.54) is 12.1 Å². The number of nitrogens with zero attached hydrogens (tertiary/aromatic N) is 2. The molecular weight excluding hydrogens is 458 g/mol. The van der Waals surface area contributed by atoms with Gasteiger partial charge in [0.2, 0.25) is 11.8 Å². The topological polar surface area (TPSA) is 101 Å². The number of halogens is 1. The molecule has 0 bridgehead atoms. The summed E-state index contributed by atoms with van der Waals surface area (Å²) in [6.07, 6.45) is 0.979. The molecule has 0 aromatic heterocycles. The first-order valence-electron chi connectivity index (χ1n) is 9.19. The van der Waals surface area contributed by atoms with Gasteiger partial charge < -0.3 is 10.6 Å². The van der Waals surface area contributed by atoms with Crippen LogP contribution in [0.15, 0.2) is 64.0 Å². The van der Waals surface area contributed by atoms with E-state index in [0.29, 0.717) is 36.1 Å². The average molecular weight is 480 g/mol. The third-order valence-corrected chi connectivity index (χ3v) is 7.24. The molecule has 1 aliphatic rings. The van der Waals surface area contributed by atoms with Gasteiger partial charge in [-0.25, -0.2) is 8.42 Å². The van der Waals surface area contributed by atoms with Gasteiger partial charge in [-0.2, -0.15) is 0 Å². The Morgan fingerprint density at radius 3 is 2.31 bits per heavy atom. The predicted octanol–water partition coefficient (Wildman–Crippen LogP) is 2.37. The van der Waals surface area contributed by atoms with Crippen LogP contribution in [0.3, 0.4) is 0 Å². The normalized spacial score (nSPS) is 15.1. The number of amides is 2. The van der Waals surface area contributed by atoms with Crippen LogP contribution in [0.4, 0.5) is 5.69 Å². The highest BCUT2D eigenvalue weighted by Gasteiger charge is 2.31. The number of anilines is 1. The van der Waals surface area contributed by atoms with Crippen molar-refractivity contribution >= 4 is 43.5 Å². The Hall–Kier alpha value is -2.39. The first-order valence-corrected chi connectivity index (χ1v) is 11.4. The standard InChI is InChI=1S/C20H22BrN3O4S/c21-16-5-4-6-17(13-16)24(29(27,28)18-7-2-1-3-8-18)14-19(25)23-11-9-15(10-12-23)20(22)26/h1-8,13,15H,9-12,14H2,(H2,22,26). The van der Waals surface area contributed by atoms with E-state index in [2.05, 4.69) is 15.9 Å². The van der Waals surface area contributed by atoms with Crippen molar-refractivity contribution in [1.29, 1.82) is 0 Å². The van der Waals surface area contributed by atoms with Gasteiger partial charge in [0.05, 0.1) is 10.6 Å². The van der Waals surface area contributed by atoms with E-state index >= 15 is 0 Å². The molecule has 1 saturated heterocycles. The number of carbonyl (C=O) groups excluding carboxylic acids is 2. The fraction of sp³-hybridized carbons (Fsp3) is 0.300. The maximum atomic E-state index is 13.3. The molecule has 0 radical (unpaired) electrons. The van der Waals surface area contributed by atoms with Crippen molar-refractivity contribution in [3.8, 4) is 0 Å². The second-order valence-electron chi connectivity index (χ2n) is 6.86. The summed E-state index contributed by atoms with van der Waals surface area (Å²) in [5.74, 6) is -0.916. The molecule has 0 saturated carbocycles. The van der Waals surface area contributed by atoms with E-state index in [0.717, 1.165) is 4.31 Å². The molecule has 2 N–H and O–H groups in total. The van der Waals surface area contributed by atoms with Gasteiger partial charge in [-0.15, -0.1) is 0 Å². The molecule has 1 fully saturated rings. The van der Waals surface area contributed by atoms with Crippen molar-refractivity contribution in [2.45, 2.75) is 17.7 Å². The van der Waals surface area contributed by atoms with Gasteiger partial charge in [0.25, 0.3) is 10.0 Å². The number of hydrogen-bond donors (Lipinski definition) is 1. The molecule has 154 valence electrons. The zero-order valence-corrected chi connectivity index (χ0v) is 18.1. The van der Waals surface area contributed by atoms with Crippen LogP contribution < -0.4 is 10.0 Å². The number of piperidine rings is 1. The molecule has 2 aromatic rings. The number of hydrogen-bond acceptors (Lipinski definition) is 4. The summed E-state index contributed by atoms with van der Waals surface area (Å²) in [6.45, 7) is 0.434. The minimum atomic E-state index is -3.94. The largest absolute Gasteiger partial charge is 0.369 e. The van der Waals surface area contributed by atoms with Gasteiger partial charge in [0, 0.05) is 23.5 Å². The van der Waals surface area contributed by atoms with Crippen LogP contribution in [-0.2, 0) is 19.6 Å². The summed E-state index contributed by atoms with van der Waals surface area (Å²) >= 11 is 3.36. The predicted molar refractivity (Wildman–Crippen MR) is 114 cm³/mol. The lowest BCUT2D eigenvalue weighted by atomic mass is 9.96. The van der Waals surface area contributed by atoms with E-state index in [1.54, 1.807) is 47.4 Å². The number of nitrogens with two attached hydrogens (primary N) is 1. The molecule has 1 heterocycles. The van der Waals surface area contributed by atoms with Crippen molar-refractivity contribution in [2.75, 3.05) is 23.9 Å². The summed E-state index contributed by atoms with van der Waals surface area (Å²) in [5.41, 5.74) is 5.74. The van der Waals surface area contributed by atoms with Crippen molar-refractivity contribution in [3.05, 3.63) is 59.1 Å². The quantitative estimate of drug-likeness (QED) is 0.686. The van der Waals surface area contributed by atoms with E-state index in [9.17, 15) is 18.0 Å². The Morgan fingerprint density at radius 2 is 1.72 bits per heavy atom. The molecule has 9 heteroatoms. The van der Waals surface area contributed by atoms with Gasteiger partial charge in [-0.1, -0.05) is 40.2 Å². The zero-order chi connectivity index (χ0) is 21.0. The Bertz CT molecular complexity index is 990. The van der Waals surface area contributed by atoms with Gasteiger partial charge in [0.15, 0.2) is 0 Å². The number of likely N-dealkylation sites (tertiary alicyclic amines) is 1. The SMILES string of the molecule is NC(=O)C1CCN(C(=O)CN(c2cccc(Br)c2)S(=O)(=O)c2ccccc2)CC1. The van der Waals surface area contributed by atoms with Gasteiger partial charge in [0.1, 0.15) is 6.54 Å². The molecule has 3 rings (SSSR count). The molecule has 0 unspecified atom stereocenters. The van der Waals surface area contributed by atoms with Crippen molar-refractivity contribution in [1.82, 2.24) is 4.90 Å². The lowest BCUT2D eigenvalue weighted by Crippen LogP contribution is -2.47. The summed E-state index contributed by atoms with van der Waals surface area (Å²) in [6, 6.07) is 14.8. The molecule has 29 heavy (non-hydrogen) atoms. The first kappa shape index (κ1) is 21.3. The summed E-state index contributed by atoms with van der Waals surface area (Å²) in [7, 11) is -3.94. The number of sulfonamides is 1. The first-order chi connectivity index (χ1) is 13.8. The van der Waals surface area contributed by atoms with Crippen LogP contribution in [0.25, 0.3) is 0 Å². The van der Waals surface area contributed by atoms with Gasteiger partial charge in [-0.05, 0) is 43.2 Å². The summed E-state index contributed by atoms with van der Waals surface area (Å²) in [5, 5.41) is 0. The third kappa shape index (κ3) is 4.97. The fourth-order valence-corrected chi connectivity index (χ4v) is 5.12. The molecule has 7 nitrogen and oxygen atoms in total. The number of carbonyl (C=O) groups is 2. The molecule has 0 aliphatic carbocycles. The van der Waals surface area contributed by atoms with E-state index < -0.39 is 10.0 Å². The molecule has 2 amide bonds. The Labute approximate surface area is 178 Å². The van der Waals surface area contributed by atoms with Gasteiger partial charge in [-0.3, -0.25) is 13.9 Å². The third-order valence-electron chi connectivity index (χ3n) is 4.96. The Kier molecular flexibility index (Phi) is 6.59. The molecule has 0 spiro atoms. The second-order valence-corrected chi connectivity index (χ2v) is 9.64. The van der Waals surface area contributed by atoms with Crippen molar-refractivity contribution in [3.63, 3.8) is 0 Å². The minimum absolute atomic E-state index is 0.111. The van der Waals surface area contributed by atoms with Crippen LogP contribution >= 0.6 is 15.9 Å². The van der Waals surface area contributed by atoms with Crippen LogP contribution in [0, 0.1) is 5.92 Å². The van der Waals surface area contributed by atoms with Crippen molar-refractivity contribution < 1.29 is 18.0 Å². The summed E-state index contributed by atoms with van der Waals surface area (Å²) < 4.78 is 28.4. The monoisotopic (exact) mass is 479 g/mol. The number of benzene rings is 2. The number of rotatable bonds is 6. The van der Waals surface area contributed by atoms with E-state index in [1.807, 2.05) is 0 Å². The average Bonchev–Trinajstić information content (AvgIpc) is 2.72. The highest BCUT2D eigenvalue weighted by Crippen LogP contribution is 2.27. The van der Waals surface area contributed by atoms with E-state index in [-0.39, 0.29) is 29.2 Å². The smallest absolute Gasteiger partial charge is 0.264 e. The van der Waals surface area contributed by atoms with E-state index in [4.69, 9.17) is 5.73 Å². The van der Waals surface area contributed by atoms with Crippen LogP contribution in [0.1, 0.15) is 12.8 Å². The zero-order valence-electron chi connectivity index (χ0n) is 15.7. The highest BCUT2D eigenvalue weighted by atomic mass is 79.9. The molecule has 1 aliphatic heterocycles. The van der Waals surface area contributed by atoms with Gasteiger partial charge >= 0.3 is 0 Å². The lowest BCUT2D eigenvalue weighted by molar-refractivity contribution is -0.133. The molecule has 2 aromatic carbocycles. The van der Waals surface area contributed by atoms with Crippen molar-refractivity contribution in [2.24, 2.45) is 11.7 Å². The Balaban J connectivity index is 1.87. The Morgan fingerprint density at radius 1 is 1.07 bits per heavy atom. The lowest BCUT2D eigenvalue weighted by Gasteiger charge is -2.33. The van der Waals surface area contributed by atoms with Crippen LogP contribution in [0.2, 0.25) is 0 Å². The fourth-order valence-electron chi connectivity index (χ4n) is 3.30.